The highest BCUT2D eigenvalue weighted by Gasteiger charge is 2.41. The zero-order valence-electron chi connectivity index (χ0n) is 9.91. The van der Waals surface area contributed by atoms with Gasteiger partial charge < -0.3 is 20.2 Å². The average Bonchev–Trinajstić information content (AvgIpc) is 3.02. The Morgan fingerprint density at radius 3 is 3.17 bits per heavy atom. The van der Waals surface area contributed by atoms with Gasteiger partial charge >= 0.3 is 0 Å². The number of nitrogens with zero attached hydrogens (tertiary/aromatic N) is 3. The van der Waals surface area contributed by atoms with Crippen LogP contribution in [0.15, 0.2) is 18.6 Å². The molecule has 2 aliphatic rings. The van der Waals surface area contributed by atoms with Crippen LogP contribution in [0.2, 0.25) is 0 Å². The molecule has 2 fully saturated rings. The van der Waals surface area contributed by atoms with Crippen LogP contribution in [-0.2, 0) is 4.74 Å². The summed E-state index contributed by atoms with van der Waals surface area (Å²) in [6.07, 6.45) is 9.49. The minimum atomic E-state index is 0.313. The molecule has 6 heteroatoms. The molecule has 18 heavy (non-hydrogen) atoms. The lowest BCUT2D eigenvalue weighted by Gasteiger charge is -2.20. The molecular weight excluding hydrogens is 230 g/mol. The van der Waals surface area contributed by atoms with E-state index in [1.54, 1.807) is 12.4 Å². The number of aromatic nitrogens is 3. The molecular formula is C12H15N5O. The van der Waals surface area contributed by atoms with Crippen molar-refractivity contribution in [3.05, 3.63) is 18.6 Å². The Kier molecular flexibility index (Phi) is 2.02. The Morgan fingerprint density at radius 1 is 1.44 bits per heavy atom. The fraction of sp³-hybridized carbons (Fsp3) is 0.500. The van der Waals surface area contributed by atoms with E-state index in [2.05, 4.69) is 15.3 Å². The van der Waals surface area contributed by atoms with Crippen LogP contribution in [-0.4, -0.2) is 32.6 Å². The largest absolute Gasteiger partial charge is 0.382 e. The van der Waals surface area contributed by atoms with Crippen molar-refractivity contribution in [1.82, 2.24) is 14.4 Å². The van der Waals surface area contributed by atoms with Gasteiger partial charge in [-0.25, -0.2) is 9.97 Å². The molecule has 0 spiro atoms. The number of imidazole rings is 1. The molecule has 6 nitrogen and oxygen atoms in total. The third-order valence-electron chi connectivity index (χ3n) is 3.82. The maximum Gasteiger partial charge on any atom is 0.180 e. The molecule has 94 valence electrons. The average molecular weight is 245 g/mol. The summed E-state index contributed by atoms with van der Waals surface area (Å²) in [5.74, 6) is 1.24. The van der Waals surface area contributed by atoms with Crippen molar-refractivity contribution in [3.8, 4) is 0 Å². The molecule has 2 bridgehead atoms. The maximum absolute atomic E-state index is 5.83. The number of hydrogen-bond donors (Lipinski definition) is 2. The summed E-state index contributed by atoms with van der Waals surface area (Å²) in [7, 11) is 0. The predicted octanol–water partition coefficient (Wildman–Crippen LogP) is 1.04. The second-order valence-corrected chi connectivity index (χ2v) is 5.03. The summed E-state index contributed by atoms with van der Waals surface area (Å²) in [6.45, 7) is 0. The number of nitrogens with one attached hydrogen (secondary N) is 1. The third kappa shape index (κ3) is 1.45. The van der Waals surface area contributed by atoms with E-state index in [0.29, 0.717) is 24.1 Å². The molecule has 4 heterocycles. The van der Waals surface area contributed by atoms with Gasteiger partial charge in [-0.2, -0.15) is 0 Å². The number of nitrogen functional groups attached to an aromatic ring is 1. The van der Waals surface area contributed by atoms with E-state index in [1.165, 1.54) is 6.42 Å². The SMILES string of the molecule is Nc1cn2ccnc2c(NC2CC3CCC2O3)n1. The van der Waals surface area contributed by atoms with E-state index in [1.807, 2.05) is 10.6 Å². The highest BCUT2D eigenvalue weighted by atomic mass is 16.5. The van der Waals surface area contributed by atoms with Gasteiger partial charge in [0.15, 0.2) is 11.5 Å². The van der Waals surface area contributed by atoms with Gasteiger partial charge in [0.05, 0.1) is 24.4 Å². The molecule has 4 rings (SSSR count). The van der Waals surface area contributed by atoms with Crippen LogP contribution in [0.3, 0.4) is 0 Å². The third-order valence-corrected chi connectivity index (χ3v) is 3.82. The van der Waals surface area contributed by atoms with Crippen molar-refractivity contribution in [1.29, 1.82) is 0 Å². The van der Waals surface area contributed by atoms with E-state index in [9.17, 15) is 0 Å². The Balaban J connectivity index is 1.68. The van der Waals surface area contributed by atoms with E-state index in [0.717, 1.165) is 24.3 Å². The molecule has 0 radical (unpaired) electrons. The minimum Gasteiger partial charge on any atom is -0.382 e. The number of anilines is 2. The highest BCUT2D eigenvalue weighted by Crippen LogP contribution is 2.36. The van der Waals surface area contributed by atoms with Crippen molar-refractivity contribution >= 4 is 17.3 Å². The van der Waals surface area contributed by atoms with Gasteiger partial charge in [-0.1, -0.05) is 0 Å². The number of fused-ring (bicyclic) bond motifs is 3. The van der Waals surface area contributed by atoms with Crippen molar-refractivity contribution in [2.24, 2.45) is 0 Å². The van der Waals surface area contributed by atoms with Crippen LogP contribution in [0.4, 0.5) is 11.6 Å². The van der Waals surface area contributed by atoms with E-state index < -0.39 is 0 Å². The summed E-state index contributed by atoms with van der Waals surface area (Å²) in [6, 6.07) is 0.332. The summed E-state index contributed by atoms with van der Waals surface area (Å²) >= 11 is 0. The van der Waals surface area contributed by atoms with Crippen LogP contribution in [0.1, 0.15) is 19.3 Å². The summed E-state index contributed by atoms with van der Waals surface area (Å²) < 4.78 is 7.72. The van der Waals surface area contributed by atoms with Gasteiger partial charge in [0.1, 0.15) is 5.82 Å². The van der Waals surface area contributed by atoms with Crippen molar-refractivity contribution < 1.29 is 4.74 Å². The molecule has 3 unspecified atom stereocenters. The zero-order valence-corrected chi connectivity index (χ0v) is 9.91. The van der Waals surface area contributed by atoms with Crippen molar-refractivity contribution in [2.45, 2.75) is 37.5 Å². The molecule has 3 N–H and O–H groups in total. The smallest absolute Gasteiger partial charge is 0.180 e. The molecule has 2 aliphatic heterocycles. The molecule has 0 saturated carbocycles. The van der Waals surface area contributed by atoms with Crippen LogP contribution < -0.4 is 11.1 Å². The fourth-order valence-electron chi connectivity index (χ4n) is 3.01. The fourth-order valence-corrected chi connectivity index (χ4v) is 3.01. The van der Waals surface area contributed by atoms with Gasteiger partial charge in [0.25, 0.3) is 0 Å². The number of nitrogens with two attached hydrogens (primary N) is 1. The number of rotatable bonds is 2. The molecule has 0 aliphatic carbocycles. The van der Waals surface area contributed by atoms with Crippen LogP contribution >= 0.6 is 0 Å². The van der Waals surface area contributed by atoms with E-state index in [-0.39, 0.29) is 0 Å². The first-order valence-corrected chi connectivity index (χ1v) is 6.31. The van der Waals surface area contributed by atoms with Crippen LogP contribution in [0, 0.1) is 0 Å². The molecule has 3 atom stereocenters. The molecule has 2 aromatic rings. The Morgan fingerprint density at radius 2 is 2.39 bits per heavy atom. The monoisotopic (exact) mass is 245 g/mol. The second-order valence-electron chi connectivity index (χ2n) is 5.03. The Hall–Kier alpha value is -1.82. The van der Waals surface area contributed by atoms with Crippen LogP contribution in [0.25, 0.3) is 5.65 Å². The maximum atomic E-state index is 5.83. The first-order chi connectivity index (χ1) is 8.79. The quantitative estimate of drug-likeness (QED) is 0.826. The summed E-state index contributed by atoms with van der Waals surface area (Å²) in [5.41, 5.74) is 6.62. The lowest BCUT2D eigenvalue weighted by Crippen LogP contribution is -2.31. The first kappa shape index (κ1) is 10.1. The van der Waals surface area contributed by atoms with E-state index in [4.69, 9.17) is 10.5 Å². The van der Waals surface area contributed by atoms with Gasteiger partial charge in [-0.3, -0.25) is 0 Å². The van der Waals surface area contributed by atoms with Crippen molar-refractivity contribution in [2.75, 3.05) is 11.1 Å². The second kappa shape index (κ2) is 3.58. The molecule has 0 amide bonds. The van der Waals surface area contributed by atoms with Crippen LogP contribution in [0.5, 0.6) is 0 Å². The van der Waals surface area contributed by atoms with Gasteiger partial charge in [0, 0.05) is 12.4 Å². The molecule has 2 aromatic heterocycles. The predicted molar refractivity (Wildman–Crippen MR) is 67.3 cm³/mol. The first-order valence-electron chi connectivity index (χ1n) is 6.31. The standard InChI is InChI=1S/C12H15N5O/c13-10-6-17-4-3-14-12(17)11(16-10)15-8-5-7-1-2-9(8)18-7/h3-4,6-9H,1-2,5,13H2,(H,15,16). The van der Waals surface area contributed by atoms with Gasteiger partial charge in [0.2, 0.25) is 0 Å². The topological polar surface area (TPSA) is 77.5 Å². The Bertz CT molecular complexity index is 595. The van der Waals surface area contributed by atoms with Gasteiger partial charge in [-0.05, 0) is 19.3 Å². The normalized spacial score (nSPS) is 30.1. The van der Waals surface area contributed by atoms with E-state index >= 15 is 0 Å². The summed E-state index contributed by atoms with van der Waals surface area (Å²) in [4.78, 5) is 8.65. The molecule has 0 aromatic carbocycles. The highest BCUT2D eigenvalue weighted by molar-refractivity contribution is 5.65. The minimum absolute atomic E-state index is 0.313. The number of ether oxygens (including phenoxy) is 1. The summed E-state index contributed by atoms with van der Waals surface area (Å²) in [5, 5.41) is 3.44. The van der Waals surface area contributed by atoms with Gasteiger partial charge in [-0.15, -0.1) is 0 Å². The Labute approximate surface area is 104 Å². The molecule has 2 saturated heterocycles. The van der Waals surface area contributed by atoms with Crippen molar-refractivity contribution in [3.63, 3.8) is 0 Å². The number of hydrogen-bond acceptors (Lipinski definition) is 5. The lowest BCUT2D eigenvalue weighted by molar-refractivity contribution is 0.102. The zero-order chi connectivity index (χ0) is 12.1. The lowest BCUT2D eigenvalue weighted by atomic mass is 9.95.